The highest BCUT2D eigenvalue weighted by atomic mass is 35.5. The van der Waals surface area contributed by atoms with Crippen molar-refractivity contribution in [2.45, 2.75) is 39.0 Å². The van der Waals surface area contributed by atoms with Gasteiger partial charge in [-0.1, -0.05) is 13.8 Å². The van der Waals surface area contributed by atoms with Crippen molar-refractivity contribution >= 4 is 11.6 Å². The summed E-state index contributed by atoms with van der Waals surface area (Å²) in [5.74, 6) is 0.895. The van der Waals surface area contributed by atoms with E-state index in [0.717, 1.165) is 12.8 Å². The molecular formula is C9H18ClO. The summed E-state index contributed by atoms with van der Waals surface area (Å²) in [4.78, 5) is 0. The molecule has 11 heavy (non-hydrogen) atoms. The zero-order chi connectivity index (χ0) is 8.85. The molecule has 0 N–H and O–H groups in total. The van der Waals surface area contributed by atoms with E-state index in [1.54, 1.807) is 0 Å². The van der Waals surface area contributed by atoms with Crippen LogP contribution in [0.1, 0.15) is 33.6 Å². The quantitative estimate of drug-likeness (QED) is 0.576. The van der Waals surface area contributed by atoms with Crippen molar-refractivity contribution in [2.75, 3.05) is 6.61 Å². The topological polar surface area (TPSA) is 19.9 Å². The molecule has 1 nitrogen and oxygen atoms in total. The average molecular weight is 178 g/mol. The SMILES string of the molecule is CC(Cl)CC(C)CC(C)C[O]. The Kier molecular flexibility index (Phi) is 5.98. The third-order valence-corrected chi connectivity index (χ3v) is 1.99. The Balaban J connectivity index is 3.43. The minimum atomic E-state index is 0.0427. The summed E-state index contributed by atoms with van der Waals surface area (Å²) in [6.07, 6.45) is 2.03. The summed E-state index contributed by atoms with van der Waals surface area (Å²) < 4.78 is 0. The number of halogens is 1. The summed E-state index contributed by atoms with van der Waals surface area (Å²) in [5, 5.41) is 10.7. The molecular weight excluding hydrogens is 160 g/mol. The van der Waals surface area contributed by atoms with Crippen LogP contribution in [0.4, 0.5) is 0 Å². The van der Waals surface area contributed by atoms with Crippen molar-refractivity contribution in [2.24, 2.45) is 11.8 Å². The molecule has 0 aliphatic heterocycles. The van der Waals surface area contributed by atoms with Crippen molar-refractivity contribution in [1.29, 1.82) is 0 Å². The first-order valence-electron chi connectivity index (χ1n) is 4.28. The summed E-state index contributed by atoms with van der Waals surface area (Å²) in [6.45, 7) is 6.20. The lowest BCUT2D eigenvalue weighted by molar-refractivity contribution is 0.137. The van der Waals surface area contributed by atoms with Gasteiger partial charge in [0.1, 0.15) is 0 Å². The van der Waals surface area contributed by atoms with Gasteiger partial charge < -0.3 is 0 Å². The Morgan fingerprint density at radius 2 is 1.64 bits per heavy atom. The first-order valence-corrected chi connectivity index (χ1v) is 4.72. The van der Waals surface area contributed by atoms with E-state index >= 15 is 0 Å². The maximum absolute atomic E-state index is 10.4. The van der Waals surface area contributed by atoms with Crippen LogP contribution in [0.25, 0.3) is 0 Å². The van der Waals surface area contributed by atoms with Gasteiger partial charge in [0.2, 0.25) is 0 Å². The van der Waals surface area contributed by atoms with Crippen LogP contribution in [0, 0.1) is 11.8 Å². The molecule has 0 aromatic heterocycles. The molecule has 2 heteroatoms. The first kappa shape index (κ1) is 11.2. The van der Waals surface area contributed by atoms with Gasteiger partial charge in [-0.15, -0.1) is 11.6 Å². The van der Waals surface area contributed by atoms with Gasteiger partial charge in [0.25, 0.3) is 0 Å². The van der Waals surface area contributed by atoms with Crippen LogP contribution in [0.15, 0.2) is 0 Å². The number of hydrogen-bond acceptors (Lipinski definition) is 0. The van der Waals surface area contributed by atoms with Crippen molar-refractivity contribution in [3.63, 3.8) is 0 Å². The Hall–Kier alpha value is 0.250. The van der Waals surface area contributed by atoms with Gasteiger partial charge in [-0.05, 0) is 31.6 Å². The molecule has 0 amide bonds. The molecule has 0 bridgehead atoms. The monoisotopic (exact) mass is 177 g/mol. The molecule has 0 aliphatic carbocycles. The van der Waals surface area contributed by atoms with E-state index in [1.165, 1.54) is 0 Å². The fourth-order valence-electron chi connectivity index (χ4n) is 1.41. The second-order valence-electron chi connectivity index (χ2n) is 3.63. The fourth-order valence-corrected chi connectivity index (χ4v) is 1.71. The van der Waals surface area contributed by atoms with Gasteiger partial charge in [-0.2, -0.15) is 0 Å². The van der Waals surface area contributed by atoms with Gasteiger partial charge in [-0.25, -0.2) is 5.11 Å². The van der Waals surface area contributed by atoms with E-state index < -0.39 is 0 Å². The Labute approximate surface area is 74.8 Å². The van der Waals surface area contributed by atoms with Gasteiger partial charge in [-0.3, -0.25) is 0 Å². The highest BCUT2D eigenvalue weighted by Crippen LogP contribution is 2.18. The van der Waals surface area contributed by atoms with Crippen LogP contribution >= 0.6 is 11.6 Å². The zero-order valence-corrected chi connectivity index (χ0v) is 8.40. The summed E-state index contributed by atoms with van der Waals surface area (Å²) in [7, 11) is 0. The van der Waals surface area contributed by atoms with Crippen molar-refractivity contribution < 1.29 is 5.11 Å². The smallest absolute Gasteiger partial charge is 0.0847 e. The molecule has 1 radical (unpaired) electrons. The van der Waals surface area contributed by atoms with E-state index in [-0.39, 0.29) is 12.0 Å². The largest absolute Gasteiger partial charge is 0.236 e. The van der Waals surface area contributed by atoms with Crippen molar-refractivity contribution in [1.82, 2.24) is 0 Å². The molecule has 3 atom stereocenters. The lowest BCUT2D eigenvalue weighted by atomic mass is 9.94. The molecule has 0 saturated carbocycles. The van der Waals surface area contributed by atoms with Crippen LogP contribution in [-0.2, 0) is 5.11 Å². The van der Waals surface area contributed by atoms with E-state index in [0.29, 0.717) is 11.8 Å². The van der Waals surface area contributed by atoms with Gasteiger partial charge >= 0.3 is 0 Å². The number of rotatable bonds is 5. The minimum absolute atomic E-state index is 0.0427. The minimum Gasteiger partial charge on any atom is -0.236 e. The highest BCUT2D eigenvalue weighted by molar-refractivity contribution is 6.20. The molecule has 0 fully saturated rings. The lowest BCUT2D eigenvalue weighted by Gasteiger charge is -2.15. The van der Waals surface area contributed by atoms with Crippen molar-refractivity contribution in [3.8, 4) is 0 Å². The van der Waals surface area contributed by atoms with E-state index in [9.17, 15) is 5.11 Å². The second-order valence-corrected chi connectivity index (χ2v) is 4.37. The normalized spacial score (nSPS) is 19.4. The molecule has 0 aliphatic rings. The predicted octanol–water partition coefficient (Wildman–Crippen LogP) is 3.10. The third-order valence-electron chi connectivity index (χ3n) is 1.82. The Morgan fingerprint density at radius 3 is 2.00 bits per heavy atom. The third kappa shape index (κ3) is 6.64. The molecule has 67 valence electrons. The summed E-state index contributed by atoms with van der Waals surface area (Å²) in [5.41, 5.74) is 0. The fraction of sp³-hybridized carbons (Fsp3) is 1.00. The highest BCUT2D eigenvalue weighted by Gasteiger charge is 2.10. The van der Waals surface area contributed by atoms with Gasteiger partial charge in [0.05, 0.1) is 6.61 Å². The molecule has 0 rings (SSSR count). The van der Waals surface area contributed by atoms with Gasteiger partial charge in [0.15, 0.2) is 0 Å². The van der Waals surface area contributed by atoms with Crippen LogP contribution in [0.3, 0.4) is 0 Å². The maximum atomic E-state index is 10.4. The van der Waals surface area contributed by atoms with Crippen LogP contribution < -0.4 is 0 Å². The number of hydrogen-bond donors (Lipinski definition) is 0. The Bertz CT molecular complexity index is 93.6. The second kappa shape index (κ2) is 5.84. The van der Waals surface area contributed by atoms with E-state index in [4.69, 9.17) is 11.6 Å². The predicted molar refractivity (Wildman–Crippen MR) is 48.4 cm³/mol. The molecule has 0 saturated heterocycles. The first-order chi connectivity index (χ1) is 5.06. The molecule has 3 unspecified atom stereocenters. The van der Waals surface area contributed by atoms with Gasteiger partial charge in [0, 0.05) is 5.38 Å². The molecule has 0 heterocycles. The molecule has 0 aromatic carbocycles. The van der Waals surface area contributed by atoms with Crippen LogP contribution in [0.2, 0.25) is 0 Å². The Morgan fingerprint density at radius 1 is 1.09 bits per heavy atom. The standard InChI is InChI=1S/C9H18ClO/c1-7(5-9(3)10)4-8(2)6-11/h7-9H,4-6H2,1-3H3. The summed E-state index contributed by atoms with van der Waals surface area (Å²) in [6, 6.07) is 0. The average Bonchev–Trinajstić information content (AvgIpc) is 1.85. The number of alkyl halides is 1. The lowest BCUT2D eigenvalue weighted by Crippen LogP contribution is -2.09. The zero-order valence-electron chi connectivity index (χ0n) is 7.64. The van der Waals surface area contributed by atoms with Crippen molar-refractivity contribution in [3.05, 3.63) is 0 Å². The molecule has 0 aromatic rings. The molecule has 0 spiro atoms. The summed E-state index contributed by atoms with van der Waals surface area (Å²) >= 11 is 5.82. The van der Waals surface area contributed by atoms with Crippen LogP contribution in [-0.4, -0.2) is 12.0 Å². The van der Waals surface area contributed by atoms with Crippen LogP contribution in [0.5, 0.6) is 0 Å². The van der Waals surface area contributed by atoms with E-state index in [1.807, 2.05) is 13.8 Å². The maximum Gasteiger partial charge on any atom is 0.0847 e. The van der Waals surface area contributed by atoms with E-state index in [2.05, 4.69) is 6.92 Å².